The quantitative estimate of drug-likeness (QED) is 0.0211. The highest BCUT2D eigenvalue weighted by Crippen LogP contribution is 2.43. The Bertz CT molecular complexity index is 1330. The van der Waals surface area contributed by atoms with Crippen LogP contribution in [-0.2, 0) is 32.7 Å². The summed E-state index contributed by atoms with van der Waals surface area (Å²) in [6, 6.07) is 0. The molecule has 0 aliphatic rings. The molecule has 0 saturated heterocycles. The number of rotatable bonds is 62. The van der Waals surface area contributed by atoms with Gasteiger partial charge in [-0.25, -0.2) is 4.57 Å². The Labute approximate surface area is 472 Å². The van der Waals surface area contributed by atoms with E-state index in [1.54, 1.807) is 0 Å². The van der Waals surface area contributed by atoms with Gasteiger partial charge in [0.05, 0.1) is 27.7 Å². The summed E-state index contributed by atoms with van der Waals surface area (Å²) in [6.45, 7) is 4.47. The van der Waals surface area contributed by atoms with Gasteiger partial charge in [-0.15, -0.1) is 0 Å². The third kappa shape index (κ3) is 61.7. The fourth-order valence-corrected chi connectivity index (χ4v) is 10.6. The molecule has 0 saturated carbocycles. The van der Waals surface area contributed by atoms with E-state index in [1.165, 1.54) is 263 Å². The van der Waals surface area contributed by atoms with Crippen molar-refractivity contribution in [1.82, 2.24) is 0 Å². The van der Waals surface area contributed by atoms with Crippen molar-refractivity contribution >= 4 is 19.8 Å². The molecule has 0 rings (SSSR count). The smallest absolute Gasteiger partial charge is 0.462 e. The Morgan fingerprint density at radius 3 is 1.04 bits per heavy atom. The van der Waals surface area contributed by atoms with Crippen LogP contribution in [0.25, 0.3) is 0 Å². The van der Waals surface area contributed by atoms with Gasteiger partial charge < -0.3 is 18.9 Å². The standard InChI is InChI=1S/C66H128NO8P/c1-6-8-10-12-14-16-18-20-21-22-23-24-25-26-27-28-29-30-31-32-33-34-35-36-37-38-39-40-41-42-43-44-45-47-49-51-53-55-57-59-66(69)75-64(63-74-76(70,71)73-61-60-67(3,4)5)62-72-65(68)58-56-54-52-50-48-46-19-17-15-13-11-9-7-2/h18,20,22-23,64H,6-17,19,21,24-63H2,1-5H3/p+1/b20-18-,23-22-. The van der Waals surface area contributed by atoms with E-state index in [0.29, 0.717) is 17.4 Å². The Morgan fingerprint density at radius 2 is 0.711 bits per heavy atom. The van der Waals surface area contributed by atoms with Crippen LogP contribution in [0, 0.1) is 0 Å². The molecule has 0 aliphatic carbocycles. The molecule has 2 atom stereocenters. The van der Waals surface area contributed by atoms with Crippen molar-refractivity contribution in [3.63, 3.8) is 0 Å². The molecule has 450 valence electrons. The first-order chi connectivity index (χ1) is 37.0. The van der Waals surface area contributed by atoms with Crippen molar-refractivity contribution in [3.05, 3.63) is 24.3 Å². The lowest BCUT2D eigenvalue weighted by Gasteiger charge is -2.24. The largest absolute Gasteiger partial charge is 0.472 e. The number of carbonyl (C=O) groups is 2. The summed E-state index contributed by atoms with van der Waals surface area (Å²) < 4.78 is 34.6. The number of phosphoric acid groups is 1. The van der Waals surface area contributed by atoms with Gasteiger partial charge in [0.2, 0.25) is 0 Å². The molecule has 9 nitrogen and oxygen atoms in total. The third-order valence-electron chi connectivity index (χ3n) is 15.0. The third-order valence-corrected chi connectivity index (χ3v) is 16.0. The van der Waals surface area contributed by atoms with Crippen molar-refractivity contribution in [3.8, 4) is 0 Å². The fourth-order valence-electron chi connectivity index (χ4n) is 9.87. The van der Waals surface area contributed by atoms with Crippen LogP contribution in [0.4, 0.5) is 0 Å². The average Bonchev–Trinajstić information content (AvgIpc) is 3.38. The Hall–Kier alpha value is -1.51. The highest BCUT2D eigenvalue weighted by Gasteiger charge is 2.27. The molecule has 2 unspecified atom stereocenters. The zero-order chi connectivity index (χ0) is 55.6. The van der Waals surface area contributed by atoms with E-state index in [4.69, 9.17) is 18.5 Å². The average molecular weight is 1100 g/mol. The number of likely N-dealkylation sites (N-methyl/N-ethyl adjacent to an activating group) is 1. The van der Waals surface area contributed by atoms with Crippen molar-refractivity contribution in [1.29, 1.82) is 0 Å². The maximum Gasteiger partial charge on any atom is 0.472 e. The number of phosphoric ester groups is 1. The zero-order valence-electron chi connectivity index (χ0n) is 51.3. The fraction of sp³-hybridized carbons (Fsp3) is 0.909. The molecule has 76 heavy (non-hydrogen) atoms. The van der Waals surface area contributed by atoms with Gasteiger partial charge in [0.15, 0.2) is 6.10 Å². The second-order valence-electron chi connectivity index (χ2n) is 23.9. The monoisotopic (exact) mass is 1090 g/mol. The molecule has 0 aromatic rings. The molecule has 0 aromatic heterocycles. The van der Waals surface area contributed by atoms with Crippen LogP contribution in [0.1, 0.15) is 335 Å². The molecule has 0 spiro atoms. The maximum absolute atomic E-state index is 12.8. The van der Waals surface area contributed by atoms with Gasteiger partial charge in [0.25, 0.3) is 0 Å². The highest BCUT2D eigenvalue weighted by atomic mass is 31.2. The minimum absolute atomic E-state index is 0.0361. The van der Waals surface area contributed by atoms with E-state index < -0.39 is 26.5 Å². The molecule has 0 aliphatic heterocycles. The Morgan fingerprint density at radius 1 is 0.408 bits per heavy atom. The summed E-state index contributed by atoms with van der Waals surface area (Å²) in [6.07, 6.45) is 71.5. The second kappa shape index (κ2) is 58.2. The minimum Gasteiger partial charge on any atom is -0.462 e. The van der Waals surface area contributed by atoms with Crippen LogP contribution in [0.15, 0.2) is 24.3 Å². The van der Waals surface area contributed by atoms with E-state index >= 15 is 0 Å². The molecule has 0 aromatic carbocycles. The van der Waals surface area contributed by atoms with Gasteiger partial charge in [-0.05, 0) is 44.9 Å². The molecule has 0 bridgehead atoms. The molecule has 0 amide bonds. The lowest BCUT2D eigenvalue weighted by Crippen LogP contribution is -2.37. The van der Waals surface area contributed by atoms with Crippen LogP contribution < -0.4 is 0 Å². The molecule has 1 N–H and O–H groups in total. The Kier molecular flexibility index (Phi) is 57.0. The highest BCUT2D eigenvalue weighted by molar-refractivity contribution is 7.47. The van der Waals surface area contributed by atoms with E-state index in [9.17, 15) is 19.0 Å². The summed E-state index contributed by atoms with van der Waals surface area (Å²) in [7, 11) is 1.50. The van der Waals surface area contributed by atoms with E-state index in [0.717, 1.165) is 44.9 Å². The van der Waals surface area contributed by atoms with E-state index in [-0.39, 0.29) is 25.6 Å². The molecule has 0 heterocycles. The van der Waals surface area contributed by atoms with Gasteiger partial charge in [-0.2, -0.15) is 0 Å². The number of nitrogens with zero attached hydrogens (tertiary/aromatic N) is 1. The summed E-state index contributed by atoms with van der Waals surface area (Å²) >= 11 is 0. The van der Waals surface area contributed by atoms with Crippen molar-refractivity contribution < 1.29 is 42.1 Å². The topological polar surface area (TPSA) is 108 Å². The van der Waals surface area contributed by atoms with Crippen molar-refractivity contribution in [2.75, 3.05) is 47.5 Å². The predicted octanol–water partition coefficient (Wildman–Crippen LogP) is 20.9. The Balaban J connectivity index is 3.84. The number of unbranched alkanes of at least 4 members (excludes halogenated alkanes) is 44. The number of hydrogen-bond acceptors (Lipinski definition) is 7. The van der Waals surface area contributed by atoms with Gasteiger partial charge in [-0.1, -0.05) is 301 Å². The van der Waals surface area contributed by atoms with Gasteiger partial charge in [0, 0.05) is 12.8 Å². The summed E-state index contributed by atoms with van der Waals surface area (Å²) in [5.41, 5.74) is 0. The van der Waals surface area contributed by atoms with Crippen molar-refractivity contribution in [2.45, 2.75) is 341 Å². The minimum atomic E-state index is -4.38. The molecular formula is C66H129NO8P+. The van der Waals surface area contributed by atoms with Crippen molar-refractivity contribution in [2.24, 2.45) is 0 Å². The molecule has 0 radical (unpaired) electrons. The predicted molar refractivity (Wildman–Crippen MR) is 326 cm³/mol. The second-order valence-corrected chi connectivity index (χ2v) is 25.3. The van der Waals surface area contributed by atoms with Crippen LogP contribution in [0.3, 0.4) is 0 Å². The summed E-state index contributed by atoms with van der Waals surface area (Å²) in [5, 5.41) is 0. The lowest BCUT2D eigenvalue weighted by molar-refractivity contribution is -0.870. The van der Waals surface area contributed by atoms with E-state index in [1.807, 2.05) is 21.1 Å². The van der Waals surface area contributed by atoms with Gasteiger partial charge in [0.1, 0.15) is 19.8 Å². The molecule has 0 fully saturated rings. The zero-order valence-corrected chi connectivity index (χ0v) is 52.2. The van der Waals surface area contributed by atoms with E-state index in [2.05, 4.69) is 38.2 Å². The van der Waals surface area contributed by atoms with Gasteiger partial charge in [-0.3, -0.25) is 18.6 Å². The molecule has 10 heteroatoms. The first-order valence-corrected chi connectivity index (χ1v) is 34.6. The normalized spacial score (nSPS) is 13.3. The number of allylic oxidation sites excluding steroid dienone is 4. The first-order valence-electron chi connectivity index (χ1n) is 33.1. The number of carbonyl (C=O) groups excluding carboxylic acids is 2. The SMILES string of the molecule is CCCCCCC/C=C\C/C=C\CCCCCCCCCCCCCCCCCCCCCCCCCCCCCC(=O)OC(COC(=O)CCCCCCCCCCCCCCC)COP(=O)(O)OCC[N+](C)(C)C. The number of hydrogen-bond donors (Lipinski definition) is 1. The molecular weight excluding hydrogens is 966 g/mol. The number of quaternary nitrogens is 1. The number of esters is 2. The van der Waals surface area contributed by atoms with Crippen LogP contribution in [0.5, 0.6) is 0 Å². The van der Waals surface area contributed by atoms with Gasteiger partial charge >= 0.3 is 19.8 Å². The first kappa shape index (κ1) is 74.5. The van der Waals surface area contributed by atoms with Crippen LogP contribution in [0.2, 0.25) is 0 Å². The summed E-state index contributed by atoms with van der Waals surface area (Å²) in [4.78, 5) is 35.7. The number of ether oxygens (including phenoxy) is 2. The summed E-state index contributed by atoms with van der Waals surface area (Å²) in [5.74, 6) is -0.777. The lowest BCUT2D eigenvalue weighted by atomic mass is 10.0. The van der Waals surface area contributed by atoms with Crippen LogP contribution >= 0.6 is 7.82 Å². The van der Waals surface area contributed by atoms with Crippen LogP contribution in [-0.4, -0.2) is 74.9 Å². The maximum atomic E-state index is 12.8.